The lowest BCUT2D eigenvalue weighted by Gasteiger charge is -2.21. The van der Waals surface area contributed by atoms with E-state index in [0.717, 1.165) is 0 Å². The van der Waals surface area contributed by atoms with Crippen molar-refractivity contribution in [1.29, 1.82) is 0 Å². The first-order valence-corrected chi connectivity index (χ1v) is 4.77. The van der Waals surface area contributed by atoms with Crippen molar-refractivity contribution >= 4 is 69.6 Å². The predicted octanol–water partition coefficient (Wildman–Crippen LogP) is 3.84. The molecule has 0 amide bonds. The predicted molar refractivity (Wildman–Crippen MR) is 49.0 cm³/mol. The number of hydrogen-bond acceptors (Lipinski definition) is 1. The minimum atomic E-state index is -1.76. The summed E-state index contributed by atoms with van der Waals surface area (Å²) in [5, 5.41) is 0. The molecular formula is C4H2Cl6O. The van der Waals surface area contributed by atoms with Gasteiger partial charge in [-0.05, 0) is 0 Å². The molecule has 0 bridgehead atoms. The molecule has 0 unspecified atom stereocenters. The van der Waals surface area contributed by atoms with Crippen molar-refractivity contribution in [2.24, 2.45) is 0 Å². The van der Waals surface area contributed by atoms with E-state index in [1.54, 1.807) is 0 Å². The Labute approximate surface area is 93.8 Å². The second kappa shape index (κ2) is 2.84. The highest BCUT2D eigenvalue weighted by Crippen LogP contribution is 2.59. The maximum Gasteiger partial charge on any atom is 0.253 e. The van der Waals surface area contributed by atoms with Gasteiger partial charge in [0.2, 0.25) is 4.52 Å². The number of ether oxygens (including phenoxy) is 1. The number of rotatable bonds is 0. The van der Waals surface area contributed by atoms with Crippen molar-refractivity contribution in [1.82, 2.24) is 0 Å². The Morgan fingerprint density at radius 3 is 1.45 bits per heavy atom. The second-order valence-electron chi connectivity index (χ2n) is 2.14. The highest BCUT2D eigenvalue weighted by Gasteiger charge is 2.62. The van der Waals surface area contributed by atoms with Crippen LogP contribution in [0.1, 0.15) is 6.42 Å². The van der Waals surface area contributed by atoms with Gasteiger partial charge < -0.3 is 4.74 Å². The molecule has 1 aliphatic rings. The van der Waals surface area contributed by atoms with Crippen LogP contribution in [0.2, 0.25) is 0 Å². The van der Waals surface area contributed by atoms with E-state index in [0.29, 0.717) is 0 Å². The van der Waals surface area contributed by atoms with E-state index in [4.69, 9.17) is 74.3 Å². The molecule has 0 saturated carbocycles. The average Bonchev–Trinajstić information content (AvgIpc) is 1.66. The summed E-state index contributed by atoms with van der Waals surface area (Å²) < 4.78 is -0.0224. The van der Waals surface area contributed by atoms with Crippen LogP contribution in [0.25, 0.3) is 0 Å². The summed E-state index contributed by atoms with van der Waals surface area (Å²) in [7, 11) is 0. The van der Waals surface area contributed by atoms with Gasteiger partial charge >= 0.3 is 0 Å². The largest absolute Gasteiger partial charge is 0.307 e. The first-order valence-electron chi connectivity index (χ1n) is 2.50. The van der Waals surface area contributed by atoms with E-state index in [2.05, 4.69) is 0 Å². The molecule has 0 aromatic rings. The Morgan fingerprint density at radius 1 is 0.909 bits per heavy atom. The normalized spacial score (nSPS) is 32.2. The Morgan fingerprint density at radius 2 is 1.36 bits per heavy atom. The summed E-state index contributed by atoms with van der Waals surface area (Å²) in [4.78, 5) is 0. The molecule has 1 aliphatic heterocycles. The van der Waals surface area contributed by atoms with Crippen molar-refractivity contribution in [3.8, 4) is 0 Å². The van der Waals surface area contributed by atoms with E-state index in [9.17, 15) is 0 Å². The van der Waals surface area contributed by atoms with Crippen LogP contribution in [0.4, 0.5) is 0 Å². The van der Waals surface area contributed by atoms with E-state index in [1.807, 2.05) is 0 Å². The number of hydrogen-bond donors (Lipinski definition) is 0. The van der Waals surface area contributed by atoms with Gasteiger partial charge in [-0.1, -0.05) is 69.6 Å². The van der Waals surface area contributed by atoms with Crippen LogP contribution >= 0.6 is 69.6 Å². The zero-order valence-corrected chi connectivity index (χ0v) is 9.42. The standard InChI is InChI=1S/C4H2Cl6O/c5-2(6)1-3(7,8)11-4(2,9)10/h1H2. The van der Waals surface area contributed by atoms with Gasteiger partial charge in [-0.25, -0.2) is 0 Å². The summed E-state index contributed by atoms with van der Waals surface area (Å²) in [5.41, 5.74) is 0. The second-order valence-corrected chi connectivity index (χ2v) is 6.29. The van der Waals surface area contributed by atoms with Crippen molar-refractivity contribution in [2.75, 3.05) is 0 Å². The van der Waals surface area contributed by atoms with Gasteiger partial charge in [0.1, 0.15) is 0 Å². The zero-order valence-electron chi connectivity index (χ0n) is 4.88. The highest BCUT2D eigenvalue weighted by molar-refractivity contribution is 6.63. The van der Waals surface area contributed by atoms with Gasteiger partial charge in [-0.15, -0.1) is 0 Å². The van der Waals surface area contributed by atoms with Crippen LogP contribution in [0, 0.1) is 0 Å². The molecule has 0 aliphatic carbocycles. The van der Waals surface area contributed by atoms with Crippen LogP contribution < -0.4 is 0 Å². The molecule has 0 spiro atoms. The molecule has 0 aromatic heterocycles. The van der Waals surface area contributed by atoms with Gasteiger partial charge in [0.05, 0.1) is 0 Å². The summed E-state index contributed by atoms with van der Waals surface area (Å²) >= 11 is 33.5. The van der Waals surface area contributed by atoms with Crippen molar-refractivity contribution in [3.05, 3.63) is 0 Å². The average molecular weight is 279 g/mol. The SMILES string of the molecule is ClC1(Cl)CC(Cl)(Cl)C(Cl)(Cl)O1. The van der Waals surface area contributed by atoms with Crippen LogP contribution in [-0.2, 0) is 4.74 Å². The highest BCUT2D eigenvalue weighted by atomic mass is 35.5. The molecule has 66 valence electrons. The topological polar surface area (TPSA) is 9.23 Å². The minimum Gasteiger partial charge on any atom is -0.307 e. The lowest BCUT2D eigenvalue weighted by molar-refractivity contribution is 0.0863. The molecule has 1 fully saturated rings. The van der Waals surface area contributed by atoms with Crippen molar-refractivity contribution in [2.45, 2.75) is 19.8 Å². The van der Waals surface area contributed by atoms with Crippen molar-refractivity contribution < 1.29 is 4.74 Å². The summed E-state index contributed by atoms with van der Waals surface area (Å²) in [5.74, 6) is 0. The zero-order chi connectivity index (χ0) is 8.91. The molecule has 0 radical (unpaired) electrons. The summed E-state index contributed by atoms with van der Waals surface area (Å²) in [6.45, 7) is 0. The smallest absolute Gasteiger partial charge is 0.253 e. The molecule has 11 heavy (non-hydrogen) atoms. The lowest BCUT2D eigenvalue weighted by atomic mass is 10.3. The molecule has 1 rings (SSSR count). The van der Waals surface area contributed by atoms with E-state index >= 15 is 0 Å². The fourth-order valence-corrected chi connectivity index (χ4v) is 2.57. The van der Waals surface area contributed by atoms with Gasteiger partial charge in [-0.2, -0.15) is 0 Å². The molecule has 1 heterocycles. The summed E-state index contributed by atoms with van der Waals surface area (Å²) in [6.07, 6.45) is -0.0563. The molecule has 7 heteroatoms. The number of halogens is 6. The maximum atomic E-state index is 5.65. The third-order valence-electron chi connectivity index (χ3n) is 1.13. The van der Waals surface area contributed by atoms with Crippen LogP contribution in [0.3, 0.4) is 0 Å². The number of alkyl halides is 6. The van der Waals surface area contributed by atoms with Gasteiger partial charge in [0.25, 0.3) is 4.52 Å². The fraction of sp³-hybridized carbons (Fsp3) is 1.00. The van der Waals surface area contributed by atoms with E-state index < -0.39 is 13.4 Å². The Hall–Kier alpha value is 1.70. The Balaban J connectivity index is 2.89. The molecular weight excluding hydrogens is 277 g/mol. The molecule has 0 N–H and O–H groups in total. The van der Waals surface area contributed by atoms with Gasteiger partial charge in [0.15, 0.2) is 4.33 Å². The van der Waals surface area contributed by atoms with E-state index in [-0.39, 0.29) is 6.42 Å². The minimum absolute atomic E-state index is 0.0563. The molecule has 1 nitrogen and oxygen atoms in total. The monoisotopic (exact) mass is 276 g/mol. The lowest BCUT2D eigenvalue weighted by Crippen LogP contribution is -2.30. The molecule has 0 aromatic carbocycles. The van der Waals surface area contributed by atoms with Crippen molar-refractivity contribution in [3.63, 3.8) is 0 Å². The Kier molecular flexibility index (Phi) is 2.79. The third-order valence-corrected chi connectivity index (χ3v) is 3.54. The van der Waals surface area contributed by atoms with Crippen LogP contribution in [-0.4, -0.2) is 13.4 Å². The molecule has 0 atom stereocenters. The molecule has 1 saturated heterocycles. The quantitative estimate of drug-likeness (QED) is 0.612. The van der Waals surface area contributed by atoms with Crippen LogP contribution in [0.15, 0.2) is 0 Å². The van der Waals surface area contributed by atoms with Crippen LogP contribution in [0.5, 0.6) is 0 Å². The fourth-order valence-electron chi connectivity index (χ4n) is 0.660. The summed E-state index contributed by atoms with van der Waals surface area (Å²) in [6, 6.07) is 0. The Bertz CT molecular complexity index is 157. The van der Waals surface area contributed by atoms with Gasteiger partial charge in [0, 0.05) is 6.42 Å². The first-order chi connectivity index (χ1) is 4.66. The van der Waals surface area contributed by atoms with Gasteiger partial charge in [-0.3, -0.25) is 0 Å². The third kappa shape index (κ3) is 2.14. The van der Waals surface area contributed by atoms with E-state index in [1.165, 1.54) is 0 Å². The maximum absolute atomic E-state index is 5.65. The first kappa shape index (κ1) is 10.8.